The molecule has 1 aliphatic carbocycles. The molecule has 2 aliphatic heterocycles. The fourth-order valence-electron chi connectivity index (χ4n) is 6.63. The van der Waals surface area contributed by atoms with Gasteiger partial charge in [-0.15, -0.1) is 0 Å². The second-order valence-corrected chi connectivity index (χ2v) is 13.2. The Bertz CT molecular complexity index is 1260. The van der Waals surface area contributed by atoms with Crippen molar-refractivity contribution in [2.45, 2.75) is 51.4 Å². The molecule has 39 heavy (non-hydrogen) atoms. The molecule has 0 spiro atoms. The molecule has 2 fully saturated rings. The molecular weight excluding hydrogens is 516 g/mol. The SMILES string of the molecule is COc1ccc2ncc3c(c2c1)N(CC[C@H]1CCN(CCC2CCCCC2)C[C@H]1C(=O)NS(C)(=O)=O)CCO3. The number of fused-ring (bicyclic) bond motifs is 3. The number of hydrogen-bond donors (Lipinski definition) is 1. The fraction of sp³-hybridized carbons (Fsp3) is 0.655. The maximum atomic E-state index is 13.2. The smallest absolute Gasteiger partial charge is 0.238 e. The van der Waals surface area contributed by atoms with E-state index in [1.54, 1.807) is 13.3 Å². The van der Waals surface area contributed by atoms with Crippen molar-refractivity contribution in [3.8, 4) is 11.5 Å². The van der Waals surface area contributed by atoms with Crippen LogP contribution in [0.3, 0.4) is 0 Å². The van der Waals surface area contributed by atoms with Gasteiger partial charge < -0.3 is 19.3 Å². The number of benzene rings is 1. The van der Waals surface area contributed by atoms with E-state index in [0.717, 1.165) is 79.3 Å². The summed E-state index contributed by atoms with van der Waals surface area (Å²) in [5, 5.41) is 0.982. The van der Waals surface area contributed by atoms with Crippen LogP contribution in [0.25, 0.3) is 10.9 Å². The van der Waals surface area contributed by atoms with Gasteiger partial charge in [-0.05, 0) is 62.4 Å². The van der Waals surface area contributed by atoms with Crippen LogP contribution in [-0.4, -0.2) is 76.9 Å². The second kappa shape index (κ2) is 12.3. The standard InChI is InChI=1S/C29H42N4O5S/c1-37-23-8-9-26-24(18-23)28-27(19-30-26)38-17-16-33(28)15-12-22-11-14-32(13-10-21-6-4-3-5-7-21)20-25(22)29(34)31-39(2,35)36/h8-9,18-19,21-22,25H,3-7,10-17,20H2,1-2H3,(H,31,34)/t22-,25-/m1/s1. The quantitative estimate of drug-likeness (QED) is 0.496. The summed E-state index contributed by atoms with van der Waals surface area (Å²) in [4.78, 5) is 22.5. The molecule has 0 unspecified atom stereocenters. The van der Waals surface area contributed by atoms with Crippen LogP contribution >= 0.6 is 0 Å². The number of sulfonamides is 1. The third-order valence-electron chi connectivity index (χ3n) is 8.76. The molecule has 214 valence electrons. The van der Waals surface area contributed by atoms with E-state index in [4.69, 9.17) is 9.47 Å². The van der Waals surface area contributed by atoms with Crippen molar-refractivity contribution in [2.75, 3.05) is 57.6 Å². The van der Waals surface area contributed by atoms with Crippen LogP contribution in [0.15, 0.2) is 24.4 Å². The highest BCUT2D eigenvalue weighted by molar-refractivity contribution is 7.89. The van der Waals surface area contributed by atoms with E-state index < -0.39 is 10.0 Å². The molecule has 1 saturated heterocycles. The number of carbonyl (C=O) groups is 1. The summed E-state index contributed by atoms with van der Waals surface area (Å²) in [5.41, 5.74) is 1.88. The summed E-state index contributed by atoms with van der Waals surface area (Å²) < 4.78 is 37.6. The number of ether oxygens (including phenoxy) is 2. The van der Waals surface area contributed by atoms with Gasteiger partial charge in [0, 0.05) is 18.5 Å². The van der Waals surface area contributed by atoms with E-state index in [2.05, 4.69) is 19.5 Å². The molecule has 10 heteroatoms. The number of aromatic nitrogens is 1. The molecule has 1 N–H and O–H groups in total. The van der Waals surface area contributed by atoms with E-state index in [0.29, 0.717) is 13.2 Å². The van der Waals surface area contributed by atoms with E-state index in [-0.39, 0.29) is 17.7 Å². The van der Waals surface area contributed by atoms with E-state index in [1.807, 2.05) is 18.2 Å². The summed E-state index contributed by atoms with van der Waals surface area (Å²) >= 11 is 0. The average Bonchev–Trinajstić information content (AvgIpc) is 2.94. The van der Waals surface area contributed by atoms with Gasteiger partial charge >= 0.3 is 0 Å². The summed E-state index contributed by atoms with van der Waals surface area (Å²) in [6, 6.07) is 5.86. The third-order valence-corrected chi connectivity index (χ3v) is 9.33. The predicted molar refractivity (Wildman–Crippen MR) is 153 cm³/mol. The largest absolute Gasteiger partial charge is 0.497 e. The van der Waals surface area contributed by atoms with Crippen LogP contribution < -0.4 is 19.1 Å². The van der Waals surface area contributed by atoms with Crippen molar-refractivity contribution in [3.05, 3.63) is 24.4 Å². The zero-order valence-corrected chi connectivity index (χ0v) is 24.0. The van der Waals surface area contributed by atoms with Gasteiger partial charge in [0.1, 0.15) is 12.4 Å². The van der Waals surface area contributed by atoms with E-state index in [9.17, 15) is 13.2 Å². The minimum absolute atomic E-state index is 0.103. The van der Waals surface area contributed by atoms with Gasteiger partial charge in [-0.1, -0.05) is 32.1 Å². The number of carbonyl (C=O) groups excluding carboxylic acids is 1. The fourth-order valence-corrected chi connectivity index (χ4v) is 7.15. The molecule has 3 heterocycles. The Labute approximate surface area is 232 Å². The van der Waals surface area contributed by atoms with Crippen LogP contribution in [-0.2, 0) is 14.8 Å². The number of anilines is 1. The maximum absolute atomic E-state index is 13.2. The number of likely N-dealkylation sites (tertiary alicyclic amines) is 1. The lowest BCUT2D eigenvalue weighted by atomic mass is 9.81. The number of amides is 1. The van der Waals surface area contributed by atoms with Crippen molar-refractivity contribution >= 4 is 32.5 Å². The first kappa shape index (κ1) is 28.0. The summed E-state index contributed by atoms with van der Waals surface area (Å²) in [7, 11) is -1.96. The average molecular weight is 559 g/mol. The lowest BCUT2D eigenvalue weighted by Gasteiger charge is -2.40. The Hall–Kier alpha value is -2.59. The van der Waals surface area contributed by atoms with Crippen molar-refractivity contribution in [1.29, 1.82) is 0 Å². The Morgan fingerprint density at radius 1 is 1.13 bits per heavy atom. The molecule has 1 aromatic heterocycles. The van der Waals surface area contributed by atoms with Crippen LogP contribution in [0, 0.1) is 17.8 Å². The normalized spacial score (nSPS) is 22.8. The molecule has 1 amide bonds. The zero-order chi connectivity index (χ0) is 27.4. The van der Waals surface area contributed by atoms with Crippen molar-refractivity contribution < 1.29 is 22.7 Å². The molecule has 2 aromatic rings. The number of piperidine rings is 1. The van der Waals surface area contributed by atoms with E-state index >= 15 is 0 Å². The van der Waals surface area contributed by atoms with Gasteiger partial charge in [-0.2, -0.15) is 0 Å². The second-order valence-electron chi connectivity index (χ2n) is 11.5. The minimum atomic E-state index is -3.61. The summed E-state index contributed by atoms with van der Waals surface area (Å²) in [6.45, 7) is 4.61. The maximum Gasteiger partial charge on any atom is 0.238 e. The lowest BCUT2D eigenvalue weighted by molar-refractivity contribution is -0.127. The first-order valence-electron chi connectivity index (χ1n) is 14.4. The molecule has 0 bridgehead atoms. The number of nitrogens with zero attached hydrogens (tertiary/aromatic N) is 3. The lowest BCUT2D eigenvalue weighted by Crippen LogP contribution is -2.49. The zero-order valence-electron chi connectivity index (χ0n) is 23.2. The van der Waals surface area contributed by atoms with Crippen molar-refractivity contribution in [1.82, 2.24) is 14.6 Å². The van der Waals surface area contributed by atoms with Gasteiger partial charge in [-0.3, -0.25) is 14.5 Å². The highest BCUT2D eigenvalue weighted by Crippen LogP contribution is 2.40. The monoisotopic (exact) mass is 558 g/mol. The molecule has 3 aliphatic rings. The highest BCUT2D eigenvalue weighted by Gasteiger charge is 2.36. The molecule has 1 saturated carbocycles. The number of methoxy groups -OCH3 is 1. The number of pyridine rings is 1. The van der Waals surface area contributed by atoms with Gasteiger partial charge in [0.25, 0.3) is 0 Å². The minimum Gasteiger partial charge on any atom is -0.497 e. The van der Waals surface area contributed by atoms with Gasteiger partial charge in [0.2, 0.25) is 15.9 Å². The highest BCUT2D eigenvalue weighted by atomic mass is 32.2. The van der Waals surface area contributed by atoms with Crippen LogP contribution in [0.1, 0.15) is 51.4 Å². The van der Waals surface area contributed by atoms with Crippen LogP contribution in [0.4, 0.5) is 5.69 Å². The van der Waals surface area contributed by atoms with Crippen molar-refractivity contribution in [3.63, 3.8) is 0 Å². The number of hydrogen-bond acceptors (Lipinski definition) is 8. The molecule has 0 radical (unpaired) electrons. The predicted octanol–water partition coefficient (Wildman–Crippen LogP) is 3.82. The van der Waals surface area contributed by atoms with Crippen LogP contribution in [0.5, 0.6) is 11.5 Å². The van der Waals surface area contributed by atoms with E-state index in [1.165, 1.54) is 38.5 Å². The van der Waals surface area contributed by atoms with Gasteiger partial charge in [0.05, 0.1) is 43.2 Å². The van der Waals surface area contributed by atoms with Crippen molar-refractivity contribution in [2.24, 2.45) is 17.8 Å². The Morgan fingerprint density at radius 3 is 2.72 bits per heavy atom. The van der Waals surface area contributed by atoms with Crippen LogP contribution in [0.2, 0.25) is 0 Å². The van der Waals surface area contributed by atoms with Gasteiger partial charge in [-0.25, -0.2) is 8.42 Å². The summed E-state index contributed by atoms with van der Waals surface area (Å²) in [5.74, 6) is 1.68. The third kappa shape index (κ3) is 6.95. The Kier molecular flexibility index (Phi) is 8.81. The first-order valence-corrected chi connectivity index (χ1v) is 16.3. The number of rotatable bonds is 9. The Balaban J connectivity index is 1.29. The Morgan fingerprint density at radius 2 is 1.95 bits per heavy atom. The molecule has 1 aromatic carbocycles. The first-order chi connectivity index (χ1) is 18.8. The molecule has 5 rings (SSSR count). The molecule has 9 nitrogen and oxygen atoms in total. The molecular formula is C29H42N4O5S. The van der Waals surface area contributed by atoms with Gasteiger partial charge in [0.15, 0.2) is 5.75 Å². The topological polar surface area (TPSA) is 101 Å². The molecule has 2 atom stereocenters. The summed E-state index contributed by atoms with van der Waals surface area (Å²) in [6.07, 6.45) is 12.3. The number of nitrogens with one attached hydrogen (secondary N) is 1.